The fraction of sp³-hybridized carbons (Fsp3) is 0.296. The second kappa shape index (κ2) is 10.2. The van der Waals surface area contributed by atoms with Gasteiger partial charge in [0.25, 0.3) is 0 Å². The van der Waals surface area contributed by atoms with Gasteiger partial charge in [-0.15, -0.1) is 0 Å². The molecule has 0 saturated heterocycles. The number of carbonyl (C=O) groups is 1. The number of nitrogens with zero attached hydrogens (tertiary/aromatic N) is 3. The van der Waals surface area contributed by atoms with Crippen LogP contribution >= 0.6 is 0 Å². The van der Waals surface area contributed by atoms with Crippen molar-refractivity contribution in [1.29, 1.82) is 0 Å². The molecule has 6 nitrogen and oxygen atoms in total. The van der Waals surface area contributed by atoms with E-state index in [0.29, 0.717) is 42.5 Å². The first-order valence-corrected chi connectivity index (χ1v) is 11.6. The first-order valence-electron chi connectivity index (χ1n) is 11.6. The van der Waals surface area contributed by atoms with E-state index in [1.807, 2.05) is 13.0 Å². The van der Waals surface area contributed by atoms with Crippen LogP contribution < -0.4 is 5.32 Å². The second-order valence-corrected chi connectivity index (χ2v) is 9.05. The predicted octanol–water partition coefficient (Wildman–Crippen LogP) is 6.08. The number of carboxylic acids is 1. The number of nitrogens with one attached hydrogen (secondary N) is 1. The van der Waals surface area contributed by atoms with Gasteiger partial charge in [0.2, 0.25) is 0 Å². The monoisotopic (exact) mass is 478 g/mol. The maximum Gasteiger partial charge on any atom is 0.335 e. The molecule has 182 valence electrons. The minimum atomic E-state index is -0.940. The summed E-state index contributed by atoms with van der Waals surface area (Å²) >= 11 is 0. The van der Waals surface area contributed by atoms with Gasteiger partial charge in [-0.05, 0) is 61.6 Å². The van der Waals surface area contributed by atoms with E-state index < -0.39 is 17.6 Å². The molecule has 0 unspecified atom stereocenters. The Labute approximate surface area is 202 Å². The van der Waals surface area contributed by atoms with Gasteiger partial charge in [0.1, 0.15) is 23.8 Å². The summed E-state index contributed by atoms with van der Waals surface area (Å²) in [5.74, 6) is -0.803. The lowest BCUT2D eigenvalue weighted by Gasteiger charge is -2.12. The van der Waals surface area contributed by atoms with E-state index in [2.05, 4.69) is 29.1 Å². The van der Waals surface area contributed by atoms with Crippen LogP contribution in [0.5, 0.6) is 0 Å². The molecule has 2 aromatic carbocycles. The van der Waals surface area contributed by atoms with Gasteiger partial charge in [-0.25, -0.2) is 23.5 Å². The van der Waals surface area contributed by atoms with Gasteiger partial charge in [0.05, 0.1) is 16.8 Å². The van der Waals surface area contributed by atoms with Crippen molar-refractivity contribution in [2.24, 2.45) is 5.92 Å². The fourth-order valence-corrected chi connectivity index (χ4v) is 4.24. The Morgan fingerprint density at radius 2 is 1.86 bits per heavy atom. The molecule has 4 aromatic rings. The Bertz CT molecular complexity index is 1380. The molecule has 0 spiro atoms. The average molecular weight is 479 g/mol. The standard InChI is InChI=1S/C27H28F2N4O2/c1-16(2)4-5-18-13-19(6-7-20(18)27(34)35)24-14-25(32-15-31-24)30-10-11-33-17(3)12-21-22(28)8-9-23(29)26(21)33/h6-9,12-16H,4-5,10-11H2,1-3H3,(H,34,35)(H,30,31,32). The quantitative estimate of drug-likeness (QED) is 0.305. The van der Waals surface area contributed by atoms with Crippen molar-refractivity contribution in [3.8, 4) is 11.3 Å². The lowest BCUT2D eigenvalue weighted by Crippen LogP contribution is -2.13. The summed E-state index contributed by atoms with van der Waals surface area (Å²) in [7, 11) is 0. The first kappa shape index (κ1) is 24.3. The second-order valence-electron chi connectivity index (χ2n) is 9.05. The van der Waals surface area contributed by atoms with Crippen LogP contribution in [0.1, 0.15) is 41.9 Å². The third-order valence-corrected chi connectivity index (χ3v) is 6.09. The van der Waals surface area contributed by atoms with Crippen molar-refractivity contribution in [3.63, 3.8) is 0 Å². The number of rotatable bonds is 9. The van der Waals surface area contributed by atoms with Crippen molar-refractivity contribution < 1.29 is 18.7 Å². The minimum Gasteiger partial charge on any atom is -0.478 e. The summed E-state index contributed by atoms with van der Waals surface area (Å²) in [5, 5.41) is 13.0. The lowest BCUT2D eigenvalue weighted by atomic mass is 9.95. The van der Waals surface area contributed by atoms with Crippen molar-refractivity contribution >= 4 is 22.7 Å². The molecular weight excluding hydrogens is 450 g/mol. The van der Waals surface area contributed by atoms with Crippen LogP contribution in [0, 0.1) is 24.5 Å². The number of fused-ring (bicyclic) bond motifs is 1. The smallest absolute Gasteiger partial charge is 0.335 e. The number of aromatic nitrogens is 3. The summed E-state index contributed by atoms with van der Waals surface area (Å²) in [6.07, 6.45) is 3.00. The number of aryl methyl sites for hydroxylation is 2. The molecule has 2 N–H and O–H groups in total. The molecule has 0 radical (unpaired) electrons. The molecular formula is C27H28F2N4O2. The SMILES string of the molecule is Cc1cc2c(F)ccc(F)c2n1CCNc1cc(-c2ccc(C(=O)O)c(CCC(C)C)c2)ncn1. The molecule has 2 heterocycles. The van der Waals surface area contributed by atoms with E-state index in [1.165, 1.54) is 6.33 Å². The Kier molecular flexibility index (Phi) is 7.10. The van der Waals surface area contributed by atoms with E-state index >= 15 is 0 Å². The molecule has 0 aliphatic rings. The zero-order chi connectivity index (χ0) is 25.1. The van der Waals surface area contributed by atoms with E-state index in [9.17, 15) is 18.7 Å². The highest BCUT2D eigenvalue weighted by molar-refractivity contribution is 5.90. The van der Waals surface area contributed by atoms with Crippen molar-refractivity contribution in [3.05, 3.63) is 77.2 Å². The molecule has 4 rings (SSSR count). The third kappa shape index (κ3) is 5.31. The zero-order valence-corrected chi connectivity index (χ0v) is 20.0. The first-order chi connectivity index (χ1) is 16.7. The van der Waals surface area contributed by atoms with Gasteiger partial charge in [-0.1, -0.05) is 19.9 Å². The number of benzene rings is 2. The highest BCUT2D eigenvalue weighted by Crippen LogP contribution is 2.26. The van der Waals surface area contributed by atoms with Gasteiger partial charge in [0.15, 0.2) is 0 Å². The van der Waals surface area contributed by atoms with E-state index in [-0.39, 0.29) is 10.9 Å². The zero-order valence-electron chi connectivity index (χ0n) is 20.0. The van der Waals surface area contributed by atoms with Crippen LogP contribution in [0.3, 0.4) is 0 Å². The Morgan fingerprint density at radius 3 is 2.60 bits per heavy atom. The third-order valence-electron chi connectivity index (χ3n) is 6.09. The maximum atomic E-state index is 14.4. The van der Waals surface area contributed by atoms with Crippen LogP contribution in [0.2, 0.25) is 0 Å². The molecule has 0 saturated carbocycles. The highest BCUT2D eigenvalue weighted by Gasteiger charge is 2.15. The Hall–Kier alpha value is -3.81. The molecule has 8 heteroatoms. The van der Waals surface area contributed by atoms with Gasteiger partial charge >= 0.3 is 5.97 Å². The molecule has 0 atom stereocenters. The van der Waals surface area contributed by atoms with Gasteiger partial charge < -0.3 is 15.0 Å². The summed E-state index contributed by atoms with van der Waals surface area (Å²) < 4.78 is 30.2. The maximum absolute atomic E-state index is 14.4. The Balaban J connectivity index is 1.52. The Morgan fingerprint density at radius 1 is 1.09 bits per heavy atom. The summed E-state index contributed by atoms with van der Waals surface area (Å²) in [6.45, 7) is 6.89. The minimum absolute atomic E-state index is 0.250. The predicted molar refractivity (Wildman–Crippen MR) is 133 cm³/mol. The number of hydrogen-bond donors (Lipinski definition) is 2. The van der Waals surface area contributed by atoms with E-state index in [4.69, 9.17) is 0 Å². The van der Waals surface area contributed by atoms with Gasteiger partial charge in [-0.2, -0.15) is 0 Å². The highest BCUT2D eigenvalue weighted by atomic mass is 19.1. The van der Waals surface area contributed by atoms with Gasteiger partial charge in [-0.3, -0.25) is 0 Å². The molecule has 35 heavy (non-hydrogen) atoms. The van der Waals surface area contributed by atoms with Crippen molar-refractivity contribution in [2.45, 2.75) is 40.2 Å². The van der Waals surface area contributed by atoms with E-state index in [0.717, 1.165) is 35.4 Å². The number of anilines is 1. The average Bonchev–Trinajstić information content (AvgIpc) is 3.17. The number of hydrogen-bond acceptors (Lipinski definition) is 4. The van der Waals surface area contributed by atoms with Crippen molar-refractivity contribution in [1.82, 2.24) is 14.5 Å². The van der Waals surface area contributed by atoms with Crippen LogP contribution in [0.25, 0.3) is 22.2 Å². The van der Waals surface area contributed by atoms with Crippen LogP contribution in [-0.4, -0.2) is 32.2 Å². The normalized spacial score (nSPS) is 11.4. The number of aromatic carboxylic acids is 1. The van der Waals surface area contributed by atoms with Crippen LogP contribution in [0.4, 0.5) is 14.6 Å². The molecule has 0 aliphatic carbocycles. The molecule has 0 bridgehead atoms. The summed E-state index contributed by atoms with van der Waals surface area (Å²) in [4.78, 5) is 20.3. The largest absolute Gasteiger partial charge is 0.478 e. The van der Waals surface area contributed by atoms with Crippen LogP contribution in [0.15, 0.2) is 48.8 Å². The lowest BCUT2D eigenvalue weighted by molar-refractivity contribution is 0.0695. The molecule has 0 amide bonds. The van der Waals surface area contributed by atoms with Crippen molar-refractivity contribution in [2.75, 3.05) is 11.9 Å². The molecule has 2 aromatic heterocycles. The fourth-order valence-electron chi connectivity index (χ4n) is 4.24. The number of carboxylic acid groups (broad SMARTS) is 1. The molecule has 0 aliphatic heterocycles. The van der Waals surface area contributed by atoms with Gasteiger partial charge in [0, 0.05) is 35.8 Å². The van der Waals surface area contributed by atoms with Crippen LogP contribution in [-0.2, 0) is 13.0 Å². The number of halogens is 2. The summed E-state index contributed by atoms with van der Waals surface area (Å²) in [6, 6.07) is 11.0. The molecule has 0 fully saturated rings. The summed E-state index contributed by atoms with van der Waals surface area (Å²) in [5.41, 5.74) is 3.58. The van der Waals surface area contributed by atoms with E-state index in [1.54, 1.807) is 28.8 Å². The topological polar surface area (TPSA) is 80.0 Å².